The zero-order valence-electron chi connectivity index (χ0n) is 11.1. The van der Waals surface area contributed by atoms with Gasteiger partial charge in [-0.1, -0.05) is 17.7 Å². The molecule has 0 aliphatic carbocycles. The van der Waals surface area contributed by atoms with Gasteiger partial charge in [0.1, 0.15) is 6.54 Å². The van der Waals surface area contributed by atoms with Gasteiger partial charge >= 0.3 is 5.69 Å². The fraction of sp³-hybridized carbons (Fsp3) is 0.0769. The Morgan fingerprint density at radius 1 is 1.18 bits per heavy atom. The van der Waals surface area contributed by atoms with Crippen molar-refractivity contribution >= 4 is 23.4 Å². The van der Waals surface area contributed by atoms with E-state index in [2.05, 4.69) is 10.9 Å². The number of benzene rings is 1. The van der Waals surface area contributed by atoms with Crippen molar-refractivity contribution in [2.75, 3.05) is 0 Å². The van der Waals surface area contributed by atoms with Gasteiger partial charge in [0.2, 0.25) is 0 Å². The molecule has 114 valence electrons. The number of hydrazine groups is 1. The first kappa shape index (κ1) is 15.5. The molecule has 0 saturated carbocycles. The van der Waals surface area contributed by atoms with Crippen molar-refractivity contribution in [3.8, 4) is 0 Å². The van der Waals surface area contributed by atoms with Crippen molar-refractivity contribution in [1.29, 1.82) is 0 Å². The summed E-state index contributed by atoms with van der Waals surface area (Å²) in [6.07, 6.45) is 1.18. The van der Waals surface area contributed by atoms with E-state index in [0.29, 0.717) is 5.02 Å². The zero-order valence-corrected chi connectivity index (χ0v) is 11.9. The van der Waals surface area contributed by atoms with Gasteiger partial charge in [0.15, 0.2) is 0 Å². The lowest BCUT2D eigenvalue weighted by molar-refractivity contribution is -0.122. The van der Waals surface area contributed by atoms with Crippen LogP contribution in [0.1, 0.15) is 10.4 Å². The van der Waals surface area contributed by atoms with E-state index in [1.54, 1.807) is 12.1 Å². The number of carbonyl (C=O) groups is 2. The first-order chi connectivity index (χ1) is 10.5. The standard InChI is InChI=1S/C13H11ClN4O4/c14-9-3-1-2-8(6-9)12(21)17-16-11(20)7-18-5-4-10(19)15-13(18)22/h1-6H,7H2,(H,16,20)(H,17,21)(H,15,19,22). The Bertz CT molecular complexity index is 827. The molecule has 2 amide bonds. The minimum atomic E-state index is -0.719. The molecule has 1 heterocycles. The summed E-state index contributed by atoms with van der Waals surface area (Å²) in [5, 5.41) is 0.388. The molecule has 0 saturated heterocycles. The quantitative estimate of drug-likeness (QED) is 0.670. The number of nitrogens with zero attached hydrogens (tertiary/aromatic N) is 1. The van der Waals surface area contributed by atoms with Crippen LogP contribution in [0.3, 0.4) is 0 Å². The number of amides is 2. The van der Waals surface area contributed by atoms with Crippen molar-refractivity contribution in [1.82, 2.24) is 20.4 Å². The molecule has 1 aromatic heterocycles. The number of rotatable bonds is 3. The van der Waals surface area contributed by atoms with E-state index < -0.39 is 23.1 Å². The Hall–Kier alpha value is -2.87. The fourth-order valence-electron chi connectivity index (χ4n) is 1.59. The van der Waals surface area contributed by atoms with Crippen molar-refractivity contribution in [3.05, 3.63) is 68.0 Å². The van der Waals surface area contributed by atoms with Gasteiger partial charge in [-0.2, -0.15) is 0 Å². The Morgan fingerprint density at radius 2 is 1.95 bits per heavy atom. The second kappa shape index (κ2) is 6.72. The molecule has 2 aromatic rings. The summed E-state index contributed by atoms with van der Waals surface area (Å²) in [4.78, 5) is 47.7. The van der Waals surface area contributed by atoms with Gasteiger partial charge in [0.25, 0.3) is 17.4 Å². The number of H-pyrrole nitrogens is 1. The van der Waals surface area contributed by atoms with E-state index in [1.807, 2.05) is 4.98 Å². The largest absolute Gasteiger partial charge is 0.328 e. The van der Waals surface area contributed by atoms with E-state index in [-0.39, 0.29) is 12.1 Å². The molecule has 0 unspecified atom stereocenters. The van der Waals surface area contributed by atoms with E-state index in [9.17, 15) is 19.2 Å². The Kier molecular flexibility index (Phi) is 4.74. The number of hydrogen-bond donors (Lipinski definition) is 3. The molecule has 0 aliphatic rings. The van der Waals surface area contributed by atoms with Gasteiger partial charge in [0.05, 0.1) is 0 Å². The summed E-state index contributed by atoms with van der Waals surface area (Å²) in [6, 6.07) is 7.28. The van der Waals surface area contributed by atoms with Crippen LogP contribution in [-0.2, 0) is 11.3 Å². The van der Waals surface area contributed by atoms with Crippen LogP contribution in [0.15, 0.2) is 46.1 Å². The molecule has 0 spiro atoms. The average Bonchev–Trinajstić information content (AvgIpc) is 2.47. The molecular formula is C13H11ClN4O4. The lowest BCUT2D eigenvalue weighted by Gasteiger charge is -2.08. The Morgan fingerprint density at radius 3 is 2.64 bits per heavy atom. The molecule has 8 nitrogen and oxygen atoms in total. The number of carbonyl (C=O) groups excluding carboxylic acids is 2. The van der Waals surface area contributed by atoms with Gasteiger partial charge in [0, 0.05) is 22.8 Å². The lowest BCUT2D eigenvalue weighted by Crippen LogP contribution is -2.44. The summed E-state index contributed by atoms with van der Waals surface area (Å²) < 4.78 is 0.988. The topological polar surface area (TPSA) is 113 Å². The predicted octanol–water partition coefficient (Wildman–Crippen LogP) is -0.349. The average molecular weight is 323 g/mol. The van der Waals surface area contributed by atoms with Crippen LogP contribution in [-0.4, -0.2) is 21.4 Å². The fourth-order valence-corrected chi connectivity index (χ4v) is 1.78. The van der Waals surface area contributed by atoms with Crippen LogP contribution < -0.4 is 22.1 Å². The first-order valence-corrected chi connectivity index (χ1v) is 6.48. The molecule has 0 atom stereocenters. The van der Waals surface area contributed by atoms with Crippen LogP contribution in [0.5, 0.6) is 0 Å². The van der Waals surface area contributed by atoms with Gasteiger partial charge in [-0.05, 0) is 18.2 Å². The highest BCUT2D eigenvalue weighted by Crippen LogP contribution is 2.09. The first-order valence-electron chi connectivity index (χ1n) is 6.10. The lowest BCUT2D eigenvalue weighted by atomic mass is 10.2. The minimum absolute atomic E-state index is 0.272. The normalized spacial score (nSPS) is 10.0. The van der Waals surface area contributed by atoms with Crippen LogP contribution in [0.2, 0.25) is 5.02 Å². The van der Waals surface area contributed by atoms with E-state index in [1.165, 1.54) is 18.3 Å². The monoisotopic (exact) mass is 322 g/mol. The maximum Gasteiger partial charge on any atom is 0.328 e. The Balaban J connectivity index is 1.94. The molecule has 0 aliphatic heterocycles. The molecule has 1 aromatic carbocycles. The van der Waals surface area contributed by atoms with Crippen LogP contribution in [0.4, 0.5) is 0 Å². The molecule has 0 bridgehead atoms. The molecule has 9 heteroatoms. The van der Waals surface area contributed by atoms with E-state index >= 15 is 0 Å². The molecule has 2 rings (SSSR count). The van der Waals surface area contributed by atoms with Crippen molar-refractivity contribution in [3.63, 3.8) is 0 Å². The van der Waals surface area contributed by atoms with Crippen LogP contribution >= 0.6 is 11.6 Å². The summed E-state index contributed by atoms with van der Waals surface area (Å²) in [5.41, 5.74) is 3.34. The number of hydrogen-bond acceptors (Lipinski definition) is 4. The highest BCUT2D eigenvalue weighted by Gasteiger charge is 2.09. The van der Waals surface area contributed by atoms with Crippen molar-refractivity contribution in [2.45, 2.75) is 6.54 Å². The van der Waals surface area contributed by atoms with Gasteiger partial charge in [-0.3, -0.25) is 34.8 Å². The molecule has 3 N–H and O–H groups in total. The van der Waals surface area contributed by atoms with Crippen LogP contribution in [0.25, 0.3) is 0 Å². The molecule has 0 radical (unpaired) electrons. The summed E-state index contributed by atoms with van der Waals surface area (Å²) in [5.74, 6) is -1.19. The molecule has 0 fully saturated rings. The van der Waals surface area contributed by atoms with Gasteiger partial charge in [-0.15, -0.1) is 0 Å². The van der Waals surface area contributed by atoms with E-state index in [0.717, 1.165) is 10.6 Å². The second-order valence-electron chi connectivity index (χ2n) is 4.25. The second-order valence-corrected chi connectivity index (χ2v) is 4.69. The minimum Gasteiger partial charge on any atom is -0.291 e. The molecule has 22 heavy (non-hydrogen) atoms. The highest BCUT2D eigenvalue weighted by atomic mass is 35.5. The number of aromatic nitrogens is 2. The van der Waals surface area contributed by atoms with Crippen LogP contribution in [0, 0.1) is 0 Å². The number of aromatic amines is 1. The summed E-state index contributed by atoms with van der Waals surface area (Å²) in [7, 11) is 0. The SMILES string of the molecule is O=C(Cn1ccc(=O)[nH]c1=O)NNC(=O)c1cccc(Cl)c1. The Labute approximate surface area is 128 Å². The third-order valence-electron chi connectivity index (χ3n) is 2.61. The zero-order chi connectivity index (χ0) is 16.1. The predicted molar refractivity (Wildman–Crippen MR) is 78.4 cm³/mol. The van der Waals surface area contributed by atoms with Gasteiger partial charge in [-0.25, -0.2) is 4.79 Å². The van der Waals surface area contributed by atoms with E-state index in [4.69, 9.17) is 11.6 Å². The maximum atomic E-state index is 11.8. The van der Waals surface area contributed by atoms with Crippen molar-refractivity contribution in [2.24, 2.45) is 0 Å². The number of halogens is 1. The summed E-state index contributed by atoms with van der Waals surface area (Å²) >= 11 is 5.75. The highest BCUT2D eigenvalue weighted by molar-refractivity contribution is 6.30. The molecular weight excluding hydrogens is 312 g/mol. The third kappa shape index (κ3) is 4.06. The van der Waals surface area contributed by atoms with Gasteiger partial charge < -0.3 is 0 Å². The number of nitrogens with one attached hydrogen (secondary N) is 3. The third-order valence-corrected chi connectivity index (χ3v) is 2.85. The van der Waals surface area contributed by atoms with Crippen molar-refractivity contribution < 1.29 is 9.59 Å². The maximum absolute atomic E-state index is 11.8. The summed E-state index contributed by atoms with van der Waals surface area (Å²) in [6.45, 7) is -0.356. The smallest absolute Gasteiger partial charge is 0.291 e.